The summed E-state index contributed by atoms with van der Waals surface area (Å²) < 4.78 is 10.1. The van der Waals surface area contributed by atoms with E-state index in [0.29, 0.717) is 31.5 Å². The van der Waals surface area contributed by atoms with Crippen molar-refractivity contribution >= 4 is 5.97 Å². The van der Waals surface area contributed by atoms with Gasteiger partial charge in [0.05, 0.1) is 20.1 Å². The zero-order valence-corrected chi connectivity index (χ0v) is 12.2. The summed E-state index contributed by atoms with van der Waals surface area (Å²) in [7, 11) is 1.67. The van der Waals surface area contributed by atoms with E-state index in [1.54, 1.807) is 7.11 Å². The molecule has 4 nitrogen and oxygen atoms in total. The molecule has 0 spiro atoms. The van der Waals surface area contributed by atoms with Crippen molar-refractivity contribution in [2.24, 2.45) is 5.92 Å². The molecule has 1 aliphatic rings. The van der Waals surface area contributed by atoms with Gasteiger partial charge in [0, 0.05) is 12.6 Å². The Labute approximate surface area is 120 Å². The fraction of sp³-hybridized carbons (Fsp3) is 0.562. The zero-order chi connectivity index (χ0) is 14.4. The van der Waals surface area contributed by atoms with Crippen molar-refractivity contribution in [3.8, 4) is 5.75 Å². The molecular formula is C16H23NO3. The second-order valence-corrected chi connectivity index (χ2v) is 5.10. The van der Waals surface area contributed by atoms with E-state index in [4.69, 9.17) is 9.47 Å². The third kappa shape index (κ3) is 4.23. The summed E-state index contributed by atoms with van der Waals surface area (Å²) in [6, 6.07) is 8.49. The number of hydrogen-bond acceptors (Lipinski definition) is 4. The van der Waals surface area contributed by atoms with E-state index in [9.17, 15) is 4.79 Å². The van der Waals surface area contributed by atoms with Crippen LogP contribution in [0, 0.1) is 5.92 Å². The Kier molecular flexibility index (Phi) is 5.41. The molecule has 1 aliphatic carbocycles. The molecule has 0 amide bonds. The molecule has 110 valence electrons. The molecule has 20 heavy (non-hydrogen) atoms. The highest BCUT2D eigenvalue weighted by Gasteiger charge is 2.31. The summed E-state index contributed by atoms with van der Waals surface area (Å²) in [5.41, 5.74) is 1.26. The Bertz CT molecular complexity index is 426. The summed E-state index contributed by atoms with van der Waals surface area (Å²) in [4.78, 5) is 11.4. The van der Waals surface area contributed by atoms with Gasteiger partial charge in [-0.25, -0.2) is 0 Å². The first-order valence-electron chi connectivity index (χ1n) is 7.27. The number of methoxy groups -OCH3 is 1. The quantitative estimate of drug-likeness (QED) is 0.742. The van der Waals surface area contributed by atoms with Crippen LogP contribution in [0.1, 0.15) is 37.8 Å². The number of carbonyl (C=O) groups excluding carboxylic acids is 1. The summed E-state index contributed by atoms with van der Waals surface area (Å²) in [5, 5.41) is 3.48. The lowest BCUT2D eigenvalue weighted by Crippen LogP contribution is -2.26. The molecule has 1 aromatic carbocycles. The van der Waals surface area contributed by atoms with Crippen molar-refractivity contribution in [2.45, 2.75) is 32.2 Å². The van der Waals surface area contributed by atoms with Crippen LogP contribution in [0.3, 0.4) is 0 Å². The van der Waals surface area contributed by atoms with Gasteiger partial charge in [-0.05, 0) is 43.4 Å². The van der Waals surface area contributed by atoms with Crippen LogP contribution >= 0.6 is 0 Å². The molecule has 1 aromatic rings. The SMILES string of the molecule is CCOC(=O)CCNC(c1ccc(OC)cc1)C1CC1. The molecule has 4 heteroatoms. The zero-order valence-electron chi connectivity index (χ0n) is 12.2. The van der Waals surface area contributed by atoms with Gasteiger partial charge >= 0.3 is 5.97 Å². The van der Waals surface area contributed by atoms with Crippen molar-refractivity contribution in [1.29, 1.82) is 0 Å². The molecule has 1 atom stereocenters. The molecule has 1 fully saturated rings. The molecule has 1 unspecified atom stereocenters. The minimum absolute atomic E-state index is 0.135. The van der Waals surface area contributed by atoms with Crippen molar-refractivity contribution in [2.75, 3.05) is 20.3 Å². The number of esters is 1. The monoisotopic (exact) mass is 277 g/mol. The van der Waals surface area contributed by atoms with E-state index in [1.165, 1.54) is 18.4 Å². The van der Waals surface area contributed by atoms with Crippen LogP contribution in [0.15, 0.2) is 24.3 Å². The van der Waals surface area contributed by atoms with Crippen LogP contribution in [0.25, 0.3) is 0 Å². The molecule has 0 heterocycles. The molecule has 0 saturated heterocycles. The average Bonchev–Trinajstić information content (AvgIpc) is 3.29. The Morgan fingerprint density at radius 1 is 1.35 bits per heavy atom. The van der Waals surface area contributed by atoms with Crippen LogP contribution in [0.2, 0.25) is 0 Å². The van der Waals surface area contributed by atoms with E-state index in [2.05, 4.69) is 17.4 Å². The van der Waals surface area contributed by atoms with Gasteiger partial charge in [0.2, 0.25) is 0 Å². The minimum Gasteiger partial charge on any atom is -0.497 e. The maximum absolute atomic E-state index is 11.4. The molecule has 1 saturated carbocycles. The first-order valence-corrected chi connectivity index (χ1v) is 7.27. The Morgan fingerprint density at radius 2 is 2.05 bits per heavy atom. The molecule has 0 aliphatic heterocycles. The van der Waals surface area contributed by atoms with E-state index < -0.39 is 0 Å². The van der Waals surface area contributed by atoms with E-state index in [0.717, 1.165) is 5.75 Å². The average molecular weight is 277 g/mol. The van der Waals surface area contributed by atoms with Gasteiger partial charge in [0.15, 0.2) is 0 Å². The lowest BCUT2D eigenvalue weighted by atomic mass is 10.0. The van der Waals surface area contributed by atoms with Crippen LogP contribution in [-0.4, -0.2) is 26.2 Å². The molecule has 0 aromatic heterocycles. The van der Waals surface area contributed by atoms with Gasteiger partial charge in [-0.2, -0.15) is 0 Å². The highest BCUT2D eigenvalue weighted by Crippen LogP contribution is 2.41. The first kappa shape index (κ1) is 14.9. The van der Waals surface area contributed by atoms with Gasteiger partial charge < -0.3 is 14.8 Å². The largest absolute Gasteiger partial charge is 0.497 e. The number of benzene rings is 1. The second-order valence-electron chi connectivity index (χ2n) is 5.10. The van der Waals surface area contributed by atoms with E-state index in [-0.39, 0.29) is 5.97 Å². The standard InChI is InChI=1S/C16H23NO3/c1-3-20-15(18)10-11-17-16(12-4-5-12)13-6-8-14(19-2)9-7-13/h6-9,12,16-17H,3-5,10-11H2,1-2H3. The summed E-state index contributed by atoms with van der Waals surface area (Å²) in [6.45, 7) is 2.94. The normalized spacial score (nSPS) is 15.7. The second kappa shape index (κ2) is 7.29. The van der Waals surface area contributed by atoms with Crippen molar-refractivity contribution in [3.05, 3.63) is 29.8 Å². The Balaban J connectivity index is 1.88. The number of hydrogen-bond donors (Lipinski definition) is 1. The minimum atomic E-state index is -0.135. The van der Waals surface area contributed by atoms with Crippen molar-refractivity contribution in [3.63, 3.8) is 0 Å². The Hall–Kier alpha value is -1.55. The number of nitrogens with one attached hydrogen (secondary N) is 1. The van der Waals surface area contributed by atoms with Crippen molar-refractivity contribution in [1.82, 2.24) is 5.32 Å². The Morgan fingerprint density at radius 3 is 2.60 bits per heavy atom. The predicted molar refractivity (Wildman–Crippen MR) is 77.7 cm³/mol. The number of carbonyl (C=O) groups is 1. The number of rotatable bonds is 8. The summed E-state index contributed by atoms with van der Waals surface area (Å²) in [5.74, 6) is 1.42. The van der Waals surface area contributed by atoms with Crippen LogP contribution < -0.4 is 10.1 Å². The molecule has 0 radical (unpaired) electrons. The maximum atomic E-state index is 11.4. The molecular weight excluding hydrogens is 254 g/mol. The van der Waals surface area contributed by atoms with Crippen LogP contribution in [-0.2, 0) is 9.53 Å². The maximum Gasteiger partial charge on any atom is 0.307 e. The van der Waals surface area contributed by atoms with Gasteiger partial charge in [-0.3, -0.25) is 4.79 Å². The predicted octanol–water partition coefficient (Wildman–Crippen LogP) is 2.69. The highest BCUT2D eigenvalue weighted by molar-refractivity contribution is 5.69. The lowest BCUT2D eigenvalue weighted by molar-refractivity contribution is -0.143. The highest BCUT2D eigenvalue weighted by atomic mass is 16.5. The van der Waals surface area contributed by atoms with Gasteiger partial charge in [0.1, 0.15) is 5.75 Å². The lowest BCUT2D eigenvalue weighted by Gasteiger charge is -2.19. The fourth-order valence-electron chi connectivity index (χ4n) is 2.36. The van der Waals surface area contributed by atoms with E-state index in [1.807, 2.05) is 19.1 Å². The molecule has 0 bridgehead atoms. The molecule has 1 N–H and O–H groups in total. The first-order chi connectivity index (χ1) is 9.74. The smallest absolute Gasteiger partial charge is 0.307 e. The van der Waals surface area contributed by atoms with Crippen LogP contribution in [0.5, 0.6) is 5.75 Å². The van der Waals surface area contributed by atoms with Crippen LogP contribution in [0.4, 0.5) is 0 Å². The summed E-state index contributed by atoms with van der Waals surface area (Å²) in [6.07, 6.45) is 2.93. The third-order valence-electron chi connectivity index (χ3n) is 3.57. The number of ether oxygens (including phenoxy) is 2. The molecule has 2 rings (SSSR count). The topological polar surface area (TPSA) is 47.6 Å². The van der Waals surface area contributed by atoms with Crippen molar-refractivity contribution < 1.29 is 14.3 Å². The third-order valence-corrected chi connectivity index (χ3v) is 3.57. The fourth-order valence-corrected chi connectivity index (χ4v) is 2.36. The van der Waals surface area contributed by atoms with E-state index >= 15 is 0 Å². The van der Waals surface area contributed by atoms with Gasteiger partial charge in [0.25, 0.3) is 0 Å². The van der Waals surface area contributed by atoms with Gasteiger partial charge in [-0.15, -0.1) is 0 Å². The van der Waals surface area contributed by atoms with Gasteiger partial charge in [-0.1, -0.05) is 12.1 Å². The summed E-state index contributed by atoms with van der Waals surface area (Å²) >= 11 is 0.